The zero-order chi connectivity index (χ0) is 6.69. The van der Waals surface area contributed by atoms with Crippen LogP contribution in [-0.2, 0) is 0 Å². The predicted octanol–water partition coefficient (Wildman–Crippen LogP) is 3.55. The molecule has 0 saturated carbocycles. The standard InChI is InChI=1S/C6H5ClS2/c1-5(7)9-6-3-2-4-8-6/h2-4H,1H2. The van der Waals surface area contributed by atoms with Crippen LogP contribution in [0.1, 0.15) is 0 Å². The Balaban J connectivity index is 2.58. The molecule has 9 heavy (non-hydrogen) atoms. The first-order chi connectivity index (χ1) is 4.29. The van der Waals surface area contributed by atoms with Crippen molar-refractivity contribution in [1.29, 1.82) is 0 Å². The summed E-state index contributed by atoms with van der Waals surface area (Å²) in [7, 11) is 0. The highest BCUT2D eigenvalue weighted by atomic mass is 35.5. The number of hydrogen-bond donors (Lipinski definition) is 0. The fourth-order valence-electron chi connectivity index (χ4n) is 0.431. The molecule has 0 fully saturated rings. The van der Waals surface area contributed by atoms with Crippen LogP contribution in [0.15, 0.2) is 32.7 Å². The van der Waals surface area contributed by atoms with Crippen LogP contribution in [0.4, 0.5) is 0 Å². The van der Waals surface area contributed by atoms with Crippen molar-refractivity contribution in [2.24, 2.45) is 0 Å². The Morgan fingerprint density at radius 1 is 1.78 bits per heavy atom. The summed E-state index contributed by atoms with van der Waals surface area (Å²) >= 11 is 8.71. The van der Waals surface area contributed by atoms with Crippen LogP contribution in [0, 0.1) is 0 Å². The summed E-state index contributed by atoms with van der Waals surface area (Å²) in [6, 6.07) is 4.01. The summed E-state index contributed by atoms with van der Waals surface area (Å²) in [6.45, 7) is 3.57. The van der Waals surface area contributed by atoms with E-state index in [1.807, 2.05) is 17.5 Å². The maximum atomic E-state index is 5.54. The maximum Gasteiger partial charge on any atom is 0.0718 e. The van der Waals surface area contributed by atoms with Crippen LogP contribution in [0.25, 0.3) is 0 Å². The first kappa shape index (κ1) is 7.19. The summed E-state index contributed by atoms with van der Waals surface area (Å²) in [5, 5.41) is 2.02. The van der Waals surface area contributed by atoms with Gasteiger partial charge in [0.1, 0.15) is 0 Å². The molecule has 1 aromatic rings. The lowest BCUT2D eigenvalue weighted by Gasteiger charge is -1.88. The van der Waals surface area contributed by atoms with Gasteiger partial charge in [0, 0.05) is 0 Å². The summed E-state index contributed by atoms with van der Waals surface area (Å²) in [5.74, 6) is 0. The van der Waals surface area contributed by atoms with Gasteiger partial charge in [0.2, 0.25) is 0 Å². The molecule has 1 aromatic heterocycles. The molecular weight excluding hydrogens is 172 g/mol. The van der Waals surface area contributed by atoms with Crippen molar-refractivity contribution >= 4 is 34.7 Å². The van der Waals surface area contributed by atoms with E-state index < -0.39 is 0 Å². The third kappa shape index (κ3) is 2.43. The maximum absolute atomic E-state index is 5.54. The highest BCUT2D eigenvalue weighted by Gasteiger charge is 1.93. The molecule has 0 aromatic carbocycles. The van der Waals surface area contributed by atoms with Gasteiger partial charge >= 0.3 is 0 Å². The zero-order valence-corrected chi connectivity index (χ0v) is 7.02. The average molecular weight is 177 g/mol. The van der Waals surface area contributed by atoms with Crippen molar-refractivity contribution in [3.63, 3.8) is 0 Å². The van der Waals surface area contributed by atoms with E-state index in [9.17, 15) is 0 Å². The van der Waals surface area contributed by atoms with E-state index >= 15 is 0 Å². The van der Waals surface area contributed by atoms with Gasteiger partial charge in [-0.25, -0.2) is 0 Å². The number of rotatable bonds is 2. The van der Waals surface area contributed by atoms with Gasteiger partial charge in [0.05, 0.1) is 8.57 Å². The molecule has 0 bridgehead atoms. The number of halogens is 1. The molecule has 0 nitrogen and oxygen atoms in total. The minimum absolute atomic E-state index is 0.623. The second kappa shape index (κ2) is 3.30. The molecule has 0 unspecified atom stereocenters. The Bertz CT molecular complexity index is 191. The number of hydrogen-bond acceptors (Lipinski definition) is 2. The SMILES string of the molecule is C=C(Cl)Sc1cccs1. The molecule has 3 heteroatoms. The van der Waals surface area contributed by atoms with Crippen LogP contribution >= 0.6 is 34.7 Å². The van der Waals surface area contributed by atoms with Crippen LogP contribution in [0.5, 0.6) is 0 Å². The highest BCUT2D eigenvalue weighted by Crippen LogP contribution is 2.30. The zero-order valence-electron chi connectivity index (χ0n) is 4.63. The molecule has 1 rings (SSSR count). The van der Waals surface area contributed by atoms with Crippen molar-refractivity contribution in [2.45, 2.75) is 4.21 Å². The van der Waals surface area contributed by atoms with Crippen molar-refractivity contribution < 1.29 is 0 Å². The molecule has 0 amide bonds. The molecule has 48 valence electrons. The van der Waals surface area contributed by atoms with Crippen molar-refractivity contribution in [2.75, 3.05) is 0 Å². The quantitative estimate of drug-likeness (QED) is 0.622. The van der Waals surface area contributed by atoms with E-state index in [-0.39, 0.29) is 0 Å². The van der Waals surface area contributed by atoms with Crippen molar-refractivity contribution in [3.05, 3.63) is 28.5 Å². The number of thioether (sulfide) groups is 1. The minimum Gasteiger partial charge on any atom is -0.137 e. The topological polar surface area (TPSA) is 0 Å². The third-order valence-corrected chi connectivity index (χ3v) is 2.70. The summed E-state index contributed by atoms with van der Waals surface area (Å²) in [6.07, 6.45) is 0. The van der Waals surface area contributed by atoms with E-state index in [0.717, 1.165) is 0 Å². The van der Waals surface area contributed by atoms with Gasteiger partial charge in [0.25, 0.3) is 0 Å². The van der Waals surface area contributed by atoms with Gasteiger partial charge in [-0.05, 0) is 11.4 Å². The summed E-state index contributed by atoms with van der Waals surface area (Å²) < 4.78 is 1.81. The van der Waals surface area contributed by atoms with Crippen molar-refractivity contribution in [3.8, 4) is 0 Å². The summed E-state index contributed by atoms with van der Waals surface area (Å²) in [4.78, 5) is 0. The lowest BCUT2D eigenvalue weighted by atomic mass is 10.7. The lowest BCUT2D eigenvalue weighted by Crippen LogP contribution is -1.53. The molecule has 0 radical (unpaired) electrons. The molecule has 1 heterocycles. The van der Waals surface area contributed by atoms with Crippen LogP contribution in [0.3, 0.4) is 0 Å². The normalized spacial score (nSPS) is 9.44. The van der Waals surface area contributed by atoms with E-state index in [2.05, 4.69) is 6.58 Å². The monoisotopic (exact) mass is 176 g/mol. The van der Waals surface area contributed by atoms with E-state index in [1.54, 1.807) is 11.3 Å². The second-order valence-electron chi connectivity index (χ2n) is 1.39. The van der Waals surface area contributed by atoms with Crippen LogP contribution in [-0.4, -0.2) is 0 Å². The first-order valence-corrected chi connectivity index (χ1v) is 4.42. The Morgan fingerprint density at radius 3 is 3.00 bits per heavy atom. The Labute approximate surface area is 67.5 Å². The third-order valence-electron chi connectivity index (χ3n) is 0.706. The molecule has 0 aliphatic heterocycles. The molecule has 0 N–H and O–H groups in total. The van der Waals surface area contributed by atoms with Gasteiger partial charge in [-0.3, -0.25) is 0 Å². The highest BCUT2D eigenvalue weighted by molar-refractivity contribution is 8.06. The largest absolute Gasteiger partial charge is 0.137 e. The second-order valence-corrected chi connectivity index (χ2v) is 4.41. The van der Waals surface area contributed by atoms with Gasteiger partial charge in [-0.15, -0.1) is 11.3 Å². The average Bonchev–Trinajstić information content (AvgIpc) is 2.15. The predicted molar refractivity (Wildman–Crippen MR) is 45.2 cm³/mol. The number of thiophene rings is 1. The Hall–Kier alpha value is 0.0800. The molecule has 0 atom stereocenters. The van der Waals surface area contributed by atoms with Crippen LogP contribution < -0.4 is 0 Å². The molecule has 0 spiro atoms. The fourth-order valence-corrected chi connectivity index (χ4v) is 2.29. The van der Waals surface area contributed by atoms with Gasteiger partial charge in [-0.1, -0.05) is 36.0 Å². The first-order valence-electron chi connectivity index (χ1n) is 2.35. The Morgan fingerprint density at radius 2 is 2.56 bits per heavy atom. The van der Waals surface area contributed by atoms with Crippen molar-refractivity contribution in [1.82, 2.24) is 0 Å². The summed E-state index contributed by atoms with van der Waals surface area (Å²) in [5.41, 5.74) is 0. The molecule has 0 aliphatic rings. The molecule has 0 aliphatic carbocycles. The Kier molecular flexibility index (Phi) is 2.64. The van der Waals surface area contributed by atoms with E-state index in [1.165, 1.54) is 16.0 Å². The molecule has 0 saturated heterocycles. The van der Waals surface area contributed by atoms with E-state index in [0.29, 0.717) is 4.36 Å². The smallest absolute Gasteiger partial charge is 0.0718 e. The fraction of sp³-hybridized carbons (Fsp3) is 0. The van der Waals surface area contributed by atoms with Crippen LogP contribution in [0.2, 0.25) is 0 Å². The molecular formula is C6H5ClS2. The van der Waals surface area contributed by atoms with E-state index in [4.69, 9.17) is 11.6 Å². The minimum atomic E-state index is 0.623. The van der Waals surface area contributed by atoms with Gasteiger partial charge < -0.3 is 0 Å². The van der Waals surface area contributed by atoms with Gasteiger partial charge in [-0.2, -0.15) is 0 Å². The van der Waals surface area contributed by atoms with Gasteiger partial charge in [0.15, 0.2) is 0 Å². The lowest BCUT2D eigenvalue weighted by molar-refractivity contribution is 1.75.